The van der Waals surface area contributed by atoms with E-state index in [0.717, 1.165) is 28.3 Å². The Balaban J connectivity index is 1.56. The number of imide groups is 1. The Kier molecular flexibility index (Phi) is 7.82. The van der Waals surface area contributed by atoms with E-state index >= 15 is 0 Å². The van der Waals surface area contributed by atoms with Gasteiger partial charge >= 0.3 is 5.97 Å². The van der Waals surface area contributed by atoms with Gasteiger partial charge < -0.3 is 9.47 Å². The highest BCUT2D eigenvalue weighted by molar-refractivity contribution is 9.10. The topological polar surface area (TPSA) is 72.9 Å². The van der Waals surface area contributed by atoms with E-state index in [0.29, 0.717) is 21.2 Å². The van der Waals surface area contributed by atoms with Gasteiger partial charge in [0.2, 0.25) is 0 Å². The average molecular weight is 591 g/mol. The molecule has 3 aromatic rings. The Morgan fingerprint density at radius 1 is 1.14 bits per heavy atom. The summed E-state index contributed by atoms with van der Waals surface area (Å²) in [6.07, 6.45) is 1.54. The van der Waals surface area contributed by atoms with E-state index in [4.69, 9.17) is 21.1 Å². The number of amides is 2. The molecule has 0 atom stereocenters. The Morgan fingerprint density at radius 2 is 1.86 bits per heavy atom. The smallest absolute Gasteiger partial charge is 0.343 e. The molecule has 1 heterocycles. The van der Waals surface area contributed by atoms with Crippen molar-refractivity contribution in [3.8, 4) is 11.5 Å². The number of halogens is 3. The first-order chi connectivity index (χ1) is 17.2. The van der Waals surface area contributed by atoms with Crippen LogP contribution in [0.3, 0.4) is 0 Å². The van der Waals surface area contributed by atoms with Crippen molar-refractivity contribution in [3.63, 3.8) is 0 Å². The van der Waals surface area contributed by atoms with Gasteiger partial charge in [0, 0.05) is 5.02 Å². The summed E-state index contributed by atoms with van der Waals surface area (Å²) >= 11 is 10.2. The van der Waals surface area contributed by atoms with E-state index in [2.05, 4.69) is 15.9 Å². The van der Waals surface area contributed by atoms with Crippen LogP contribution in [-0.2, 0) is 11.3 Å². The van der Waals surface area contributed by atoms with Crippen molar-refractivity contribution in [2.24, 2.45) is 0 Å². The number of ether oxygens (including phenoxy) is 2. The fraction of sp³-hybridized carbons (Fsp3) is 0.115. The Morgan fingerprint density at radius 3 is 2.53 bits per heavy atom. The van der Waals surface area contributed by atoms with Crippen molar-refractivity contribution in [1.29, 1.82) is 0 Å². The fourth-order valence-corrected chi connectivity index (χ4v) is 4.98. The third kappa shape index (κ3) is 5.64. The summed E-state index contributed by atoms with van der Waals surface area (Å²) in [7, 11) is 1.43. The van der Waals surface area contributed by atoms with Gasteiger partial charge in [-0.3, -0.25) is 14.5 Å². The van der Waals surface area contributed by atoms with Crippen LogP contribution in [0, 0.1) is 12.7 Å². The number of thioether (sulfide) groups is 1. The first kappa shape index (κ1) is 25.9. The standard InChI is InChI=1S/C26H18BrClFNO5S/c1-14-3-5-16(6-4-14)25(32)35-23-19(27)9-15(10-21(23)34-2)11-22-24(31)30(26(33)36-22)13-17-7-8-18(29)12-20(17)28/h3-12H,13H2,1-2H3/b22-11-. The Labute approximate surface area is 224 Å². The van der Waals surface area contributed by atoms with Gasteiger partial charge in [-0.05, 0) is 88.2 Å². The van der Waals surface area contributed by atoms with Crippen LogP contribution in [0.1, 0.15) is 27.0 Å². The summed E-state index contributed by atoms with van der Waals surface area (Å²) in [4.78, 5) is 39.2. The maximum absolute atomic E-state index is 13.3. The monoisotopic (exact) mass is 589 g/mol. The maximum atomic E-state index is 13.3. The zero-order valence-electron chi connectivity index (χ0n) is 19.0. The number of carbonyl (C=O) groups is 3. The van der Waals surface area contributed by atoms with E-state index in [1.807, 2.05) is 19.1 Å². The fourth-order valence-electron chi connectivity index (χ4n) is 3.37. The lowest BCUT2D eigenvalue weighted by Crippen LogP contribution is -2.27. The summed E-state index contributed by atoms with van der Waals surface area (Å²) in [6.45, 7) is 1.84. The molecule has 10 heteroatoms. The number of nitrogens with zero attached hydrogens (tertiary/aromatic N) is 1. The maximum Gasteiger partial charge on any atom is 0.343 e. The Hall–Kier alpha value is -3.14. The van der Waals surface area contributed by atoms with Crippen molar-refractivity contribution in [2.45, 2.75) is 13.5 Å². The second kappa shape index (κ2) is 10.9. The van der Waals surface area contributed by atoms with Crippen molar-refractivity contribution >= 4 is 62.5 Å². The van der Waals surface area contributed by atoms with Crippen LogP contribution in [0.25, 0.3) is 6.08 Å². The van der Waals surface area contributed by atoms with Crippen LogP contribution in [0.5, 0.6) is 11.5 Å². The molecule has 3 aromatic carbocycles. The molecule has 1 aliphatic rings. The van der Waals surface area contributed by atoms with Gasteiger partial charge in [-0.15, -0.1) is 0 Å². The summed E-state index contributed by atoms with van der Waals surface area (Å²) in [6, 6.07) is 14.0. The first-order valence-electron chi connectivity index (χ1n) is 10.5. The van der Waals surface area contributed by atoms with E-state index in [1.54, 1.807) is 24.3 Å². The van der Waals surface area contributed by atoms with E-state index in [-0.39, 0.29) is 28.0 Å². The first-order valence-corrected chi connectivity index (χ1v) is 12.5. The minimum atomic E-state index is -0.553. The molecular weight excluding hydrogens is 573 g/mol. The highest BCUT2D eigenvalue weighted by Gasteiger charge is 2.35. The van der Waals surface area contributed by atoms with Crippen molar-refractivity contribution < 1.29 is 28.2 Å². The number of methoxy groups -OCH3 is 1. The number of hydrogen-bond donors (Lipinski definition) is 0. The van der Waals surface area contributed by atoms with Crippen LogP contribution in [0.4, 0.5) is 9.18 Å². The molecule has 0 aliphatic carbocycles. The van der Waals surface area contributed by atoms with Gasteiger partial charge in [-0.1, -0.05) is 35.4 Å². The number of esters is 1. The number of hydrogen-bond acceptors (Lipinski definition) is 6. The van der Waals surface area contributed by atoms with Gasteiger partial charge in [-0.2, -0.15) is 0 Å². The molecule has 0 saturated carbocycles. The lowest BCUT2D eigenvalue weighted by molar-refractivity contribution is -0.123. The number of benzene rings is 3. The second-order valence-corrected chi connectivity index (χ2v) is 10.0. The normalized spacial score (nSPS) is 14.5. The SMILES string of the molecule is COc1cc(/C=C2\SC(=O)N(Cc3ccc(F)cc3Cl)C2=O)cc(Br)c1OC(=O)c1ccc(C)cc1. The van der Waals surface area contributed by atoms with Crippen molar-refractivity contribution in [1.82, 2.24) is 4.90 Å². The lowest BCUT2D eigenvalue weighted by Gasteiger charge is -2.14. The molecule has 36 heavy (non-hydrogen) atoms. The minimum absolute atomic E-state index is 0.0813. The van der Waals surface area contributed by atoms with Crippen LogP contribution >= 0.6 is 39.3 Å². The quantitative estimate of drug-likeness (QED) is 0.175. The van der Waals surface area contributed by atoms with E-state index < -0.39 is 22.9 Å². The molecule has 0 bridgehead atoms. The molecule has 2 amide bonds. The van der Waals surface area contributed by atoms with Gasteiger partial charge in [0.05, 0.1) is 28.6 Å². The molecule has 0 N–H and O–H groups in total. The average Bonchev–Trinajstić information content (AvgIpc) is 3.09. The Bertz CT molecular complexity index is 1410. The van der Waals surface area contributed by atoms with Gasteiger partial charge in [-0.25, -0.2) is 9.18 Å². The van der Waals surface area contributed by atoms with Crippen LogP contribution in [0.15, 0.2) is 64.0 Å². The molecule has 1 saturated heterocycles. The highest BCUT2D eigenvalue weighted by Crippen LogP contribution is 2.40. The minimum Gasteiger partial charge on any atom is -0.493 e. The number of rotatable bonds is 6. The lowest BCUT2D eigenvalue weighted by atomic mass is 10.1. The van der Waals surface area contributed by atoms with E-state index in [1.165, 1.54) is 25.3 Å². The van der Waals surface area contributed by atoms with Gasteiger partial charge in [0.25, 0.3) is 11.1 Å². The summed E-state index contributed by atoms with van der Waals surface area (Å²) in [5.74, 6) is -1.13. The molecule has 1 fully saturated rings. The molecule has 6 nitrogen and oxygen atoms in total. The summed E-state index contributed by atoms with van der Waals surface area (Å²) < 4.78 is 24.7. The van der Waals surface area contributed by atoms with Gasteiger partial charge in [0.15, 0.2) is 11.5 Å². The zero-order valence-corrected chi connectivity index (χ0v) is 22.2. The molecule has 1 aliphatic heterocycles. The number of carbonyl (C=O) groups excluding carboxylic acids is 3. The van der Waals surface area contributed by atoms with Crippen LogP contribution < -0.4 is 9.47 Å². The summed E-state index contributed by atoms with van der Waals surface area (Å²) in [5.41, 5.74) is 2.39. The molecule has 184 valence electrons. The molecule has 0 spiro atoms. The summed E-state index contributed by atoms with van der Waals surface area (Å²) in [5, 5.41) is -0.344. The predicted molar refractivity (Wildman–Crippen MR) is 140 cm³/mol. The van der Waals surface area contributed by atoms with Crippen molar-refractivity contribution in [3.05, 3.63) is 97.1 Å². The third-order valence-corrected chi connectivity index (χ3v) is 7.10. The molecular formula is C26H18BrClFNO5S. The third-order valence-electron chi connectivity index (χ3n) is 5.25. The van der Waals surface area contributed by atoms with Crippen molar-refractivity contribution in [2.75, 3.05) is 7.11 Å². The number of aryl methyl sites for hydroxylation is 1. The molecule has 4 rings (SSSR count). The van der Waals surface area contributed by atoms with Crippen LogP contribution in [0.2, 0.25) is 5.02 Å². The van der Waals surface area contributed by atoms with Gasteiger partial charge in [0.1, 0.15) is 5.82 Å². The highest BCUT2D eigenvalue weighted by atomic mass is 79.9. The van der Waals surface area contributed by atoms with Crippen LogP contribution in [-0.4, -0.2) is 29.1 Å². The largest absolute Gasteiger partial charge is 0.493 e. The second-order valence-electron chi connectivity index (χ2n) is 7.79. The predicted octanol–water partition coefficient (Wildman–Crippen LogP) is 7.01. The van der Waals surface area contributed by atoms with E-state index in [9.17, 15) is 18.8 Å². The zero-order chi connectivity index (χ0) is 26.0. The molecule has 0 unspecified atom stereocenters. The molecule has 0 aromatic heterocycles. The molecule has 0 radical (unpaired) electrons.